The number of carbonyl (C=O) groups excluding carboxylic acids is 3. The quantitative estimate of drug-likeness (QED) is 0.0461. The fourth-order valence-electron chi connectivity index (χ4n) is 16.9. The van der Waals surface area contributed by atoms with Crippen molar-refractivity contribution >= 4 is 17.5 Å². The number of Topliss-reactive ketones (excluding diaryl/α,β-unsaturated/α-hetero) is 2. The number of esters is 1. The normalized spacial score (nSPS) is 40.3. The Morgan fingerprint density at radius 2 is 1.89 bits per heavy atom. The van der Waals surface area contributed by atoms with Crippen LogP contribution in [0.2, 0.25) is 0 Å². The largest absolute Gasteiger partial charge is 0.459 e. The highest BCUT2D eigenvalue weighted by molar-refractivity contribution is 6.33. The van der Waals surface area contributed by atoms with Crippen LogP contribution >= 0.6 is 0 Å². The van der Waals surface area contributed by atoms with Gasteiger partial charge in [-0.2, -0.15) is 0 Å². The average Bonchev–Trinajstić information content (AvgIpc) is 4.11. The number of nitrogens with one attached hydrogen (secondary N) is 5. The highest BCUT2D eigenvalue weighted by atomic mass is 16.7. The van der Waals surface area contributed by atoms with Crippen molar-refractivity contribution in [3.8, 4) is 0 Å². The summed E-state index contributed by atoms with van der Waals surface area (Å²) in [6, 6.07) is 5.55. The molecule has 0 radical (unpaired) electrons. The summed E-state index contributed by atoms with van der Waals surface area (Å²) in [5.74, 6) is 0.485. The molecule has 3 fully saturated rings. The fourth-order valence-corrected chi connectivity index (χ4v) is 16.9. The number of aliphatic hydroxyl groups excluding tert-OH is 2. The molecule has 0 aromatic heterocycles. The van der Waals surface area contributed by atoms with E-state index in [9.17, 15) is 10.2 Å². The van der Waals surface area contributed by atoms with E-state index in [0.717, 1.165) is 80.4 Å². The van der Waals surface area contributed by atoms with Crippen molar-refractivity contribution in [2.75, 3.05) is 33.4 Å². The molecule has 6 aliphatic heterocycles. The molecule has 400 valence electrons. The number of hydrogen-bond donors (Lipinski definition) is 8. The molecular weight excluding hydrogens is 941 g/mol. The predicted octanol–water partition coefficient (Wildman–Crippen LogP) is 7.02. The van der Waals surface area contributed by atoms with E-state index in [0.29, 0.717) is 62.0 Å². The summed E-state index contributed by atoms with van der Waals surface area (Å²) < 4.78 is 14.0. The van der Waals surface area contributed by atoms with Crippen LogP contribution in [0.25, 0.3) is 0 Å². The lowest BCUT2D eigenvalue weighted by molar-refractivity contribution is -0.170. The Balaban J connectivity index is 0.973. The van der Waals surface area contributed by atoms with Crippen LogP contribution in [0.3, 0.4) is 0 Å². The minimum Gasteiger partial charge on any atom is -0.459 e. The van der Waals surface area contributed by atoms with Crippen LogP contribution in [0.15, 0.2) is 112 Å². The molecule has 1 aromatic rings. The number of ether oxygens (including phenoxy) is 2. The maximum absolute atomic E-state index is 16.2. The van der Waals surface area contributed by atoms with Gasteiger partial charge in [0.2, 0.25) is 5.78 Å². The van der Waals surface area contributed by atoms with E-state index >= 15 is 14.4 Å². The molecule has 9 N–H and O–H groups in total. The molecule has 6 bridgehead atoms. The highest BCUT2D eigenvalue weighted by Gasteiger charge is 2.86. The van der Waals surface area contributed by atoms with Crippen LogP contribution in [-0.4, -0.2) is 96.3 Å². The average molecular weight is 1020 g/mol. The van der Waals surface area contributed by atoms with Gasteiger partial charge in [-0.05, 0) is 184 Å². The molecule has 15 unspecified atom stereocenters. The van der Waals surface area contributed by atoms with E-state index < -0.39 is 40.4 Å². The van der Waals surface area contributed by atoms with Gasteiger partial charge >= 0.3 is 5.97 Å². The number of ketones is 2. The number of likely N-dealkylation sites (N-methyl/N-ethyl adjacent to an activating group) is 1. The van der Waals surface area contributed by atoms with Crippen LogP contribution < -0.4 is 32.3 Å². The third-order valence-corrected chi connectivity index (χ3v) is 20.4. The minimum atomic E-state index is -2.28. The summed E-state index contributed by atoms with van der Waals surface area (Å²) in [7, 11) is 1.99. The number of benzene rings is 1. The first-order chi connectivity index (χ1) is 36.3. The molecule has 13 heteroatoms. The lowest BCUT2D eigenvalue weighted by Crippen LogP contribution is -2.65. The number of nitrogens with two attached hydrogens (primary N) is 1. The van der Waals surface area contributed by atoms with Crippen molar-refractivity contribution < 1.29 is 34.1 Å². The SMILES string of the molecule is CCNC12C=C3C=CCC4C5C=CC(C34)C1C(OC(=O)C13OC1(CC(CO)=C(C)CC1CCC4CC(NC)NC6=C4C1=CCN6)C(=O)c1cccc(c1C3=O)CC(C)(CC1=CNC(N)C=C1)CCC5)C(CCO)CC2. The van der Waals surface area contributed by atoms with Crippen molar-refractivity contribution in [2.45, 2.75) is 146 Å². The Morgan fingerprint density at radius 3 is 2.68 bits per heavy atom. The van der Waals surface area contributed by atoms with Gasteiger partial charge in [-0.15, -0.1) is 0 Å². The maximum atomic E-state index is 16.2. The molecule has 1 spiro atoms. The van der Waals surface area contributed by atoms with E-state index in [4.69, 9.17) is 15.2 Å². The van der Waals surface area contributed by atoms with E-state index in [1.807, 2.05) is 38.4 Å². The molecule has 13 nitrogen and oxygen atoms in total. The van der Waals surface area contributed by atoms with E-state index in [-0.39, 0.29) is 78.1 Å². The van der Waals surface area contributed by atoms with E-state index in [2.05, 4.69) is 83.0 Å². The van der Waals surface area contributed by atoms with Gasteiger partial charge in [0.1, 0.15) is 11.9 Å². The minimum absolute atomic E-state index is 0.0236. The Morgan fingerprint density at radius 1 is 1.03 bits per heavy atom. The molecule has 6 heterocycles. The van der Waals surface area contributed by atoms with E-state index in [1.54, 1.807) is 6.07 Å². The molecule has 12 aliphatic rings. The molecule has 13 rings (SSSR count). The van der Waals surface area contributed by atoms with Crippen molar-refractivity contribution in [2.24, 2.45) is 58.5 Å². The van der Waals surface area contributed by atoms with Gasteiger partial charge in [-0.1, -0.05) is 86.6 Å². The summed E-state index contributed by atoms with van der Waals surface area (Å²) in [4.78, 5) is 48.1. The van der Waals surface area contributed by atoms with Gasteiger partial charge in [0.05, 0.1) is 18.9 Å². The summed E-state index contributed by atoms with van der Waals surface area (Å²) >= 11 is 0. The molecule has 1 aromatic carbocycles. The molecule has 6 aliphatic carbocycles. The molecule has 75 heavy (non-hydrogen) atoms. The van der Waals surface area contributed by atoms with Crippen LogP contribution in [-0.2, 0) is 20.7 Å². The summed E-state index contributed by atoms with van der Waals surface area (Å²) in [5, 5.41) is 40.0. The number of carbonyl (C=O) groups is 3. The number of aliphatic hydroxyl groups is 2. The second kappa shape index (κ2) is 19.5. The lowest BCUT2D eigenvalue weighted by atomic mass is 9.49. The zero-order chi connectivity index (χ0) is 52.0. The monoisotopic (exact) mass is 1020 g/mol. The second-order valence-corrected chi connectivity index (χ2v) is 24.8. The van der Waals surface area contributed by atoms with E-state index in [1.165, 1.54) is 16.7 Å². The lowest BCUT2D eigenvalue weighted by Gasteiger charge is -2.59. The highest BCUT2D eigenvalue weighted by Crippen LogP contribution is 2.63. The number of allylic oxidation sites excluding steroid dienone is 10. The zero-order valence-electron chi connectivity index (χ0n) is 44.5. The summed E-state index contributed by atoms with van der Waals surface area (Å²) in [5.41, 5.74) is 9.03. The van der Waals surface area contributed by atoms with Crippen LogP contribution in [0.5, 0.6) is 0 Å². The van der Waals surface area contributed by atoms with Crippen LogP contribution in [0.1, 0.15) is 131 Å². The van der Waals surface area contributed by atoms with Crippen molar-refractivity contribution in [3.05, 3.63) is 129 Å². The first-order valence-electron chi connectivity index (χ1n) is 28.7. The fraction of sp³-hybridized carbons (Fsp3) is 0.597. The Labute approximate surface area is 443 Å². The van der Waals surface area contributed by atoms with Gasteiger partial charge in [0.25, 0.3) is 5.60 Å². The Bertz CT molecular complexity index is 2790. The zero-order valence-corrected chi connectivity index (χ0v) is 44.5. The topological polar surface area (TPSA) is 200 Å². The van der Waals surface area contributed by atoms with Crippen LogP contribution in [0.4, 0.5) is 0 Å². The molecular formula is C62H80N6O7. The van der Waals surface area contributed by atoms with Crippen molar-refractivity contribution in [1.82, 2.24) is 26.6 Å². The van der Waals surface area contributed by atoms with Gasteiger partial charge in [-0.3, -0.25) is 9.59 Å². The first kappa shape index (κ1) is 50.9. The molecule has 15 atom stereocenters. The number of rotatable bonds is 12. The third kappa shape index (κ3) is 8.26. The number of dihydropyridines is 2. The maximum Gasteiger partial charge on any atom is 0.350 e. The smallest absolute Gasteiger partial charge is 0.350 e. The second-order valence-electron chi connectivity index (χ2n) is 24.8. The number of epoxide rings is 1. The number of fused-ring (bicyclic) bond motifs is 5. The molecule has 0 amide bonds. The predicted molar refractivity (Wildman–Crippen MR) is 288 cm³/mol. The van der Waals surface area contributed by atoms with Gasteiger partial charge in [0.15, 0.2) is 11.4 Å². The molecule has 1 saturated heterocycles. The Kier molecular flexibility index (Phi) is 13.3. The first-order valence-corrected chi connectivity index (χ1v) is 28.7. The summed E-state index contributed by atoms with van der Waals surface area (Å²) in [6.45, 7) is 7.44. The Hall–Kier alpha value is -4.89. The molecule has 2 saturated carbocycles. The third-order valence-electron chi connectivity index (χ3n) is 20.4. The van der Waals surface area contributed by atoms with Crippen molar-refractivity contribution in [3.63, 3.8) is 0 Å². The van der Waals surface area contributed by atoms with Gasteiger partial charge in [-0.25, -0.2) is 4.79 Å². The van der Waals surface area contributed by atoms with Crippen LogP contribution in [0, 0.1) is 52.8 Å². The number of hydrogen-bond acceptors (Lipinski definition) is 13. The van der Waals surface area contributed by atoms with Gasteiger partial charge in [0, 0.05) is 48.4 Å². The standard InChI is InChI=1S/C62H80N6O7/c1-5-67-60-24-20-38(22-26-69)54-53(60)46-18-17-37(44-12-6-10-42(31-60)50(44)46)11-8-23-59(3,29-36-14-19-48(63)66-33-36)30-41-9-7-13-47-51(41)56(72)62(58(73)74-54)61(75-62,55(47)71)32-43(34-70)35(2)27-39-15-16-40-28-49(64-4)68-57-52(40)45(39)21-25-65-57/h6-7,9-10,13-14,17-19,21,31,33,37-40,44,46,48-50,53-54,64-70H,5,8,11-12,15-16,20,22-30,32,34,63H2,1-4H3. The van der Waals surface area contributed by atoms with Gasteiger partial charge < -0.3 is 52.0 Å². The van der Waals surface area contributed by atoms with Crippen molar-refractivity contribution in [1.29, 1.82) is 0 Å². The summed E-state index contributed by atoms with van der Waals surface area (Å²) in [6.07, 6.45) is 30.2.